The molecule has 130 valence electrons. The molecule has 0 atom stereocenters. The molecule has 0 aliphatic rings. The Morgan fingerprint density at radius 1 is 1.25 bits per heavy atom. The molecule has 1 aromatic carbocycles. The Hall–Kier alpha value is -1.95. The second kappa shape index (κ2) is 9.37. The molecule has 0 spiro atoms. The second-order valence-electron chi connectivity index (χ2n) is 5.58. The summed E-state index contributed by atoms with van der Waals surface area (Å²) in [5, 5.41) is 11.3. The second-order valence-corrected chi connectivity index (χ2v) is 6.57. The number of hydrogen-bond donors (Lipinski definition) is 2. The molecule has 24 heavy (non-hydrogen) atoms. The van der Waals surface area contributed by atoms with Crippen LogP contribution in [0.15, 0.2) is 35.3 Å². The molecule has 0 saturated heterocycles. The van der Waals surface area contributed by atoms with E-state index >= 15 is 0 Å². The number of rotatable bonds is 7. The lowest BCUT2D eigenvalue weighted by Crippen LogP contribution is -2.38. The number of nitrogens with zero attached hydrogens (tertiary/aromatic N) is 3. The first-order valence-corrected chi connectivity index (χ1v) is 9.67. The number of aromatic nitrogens is 2. The largest absolute Gasteiger partial charge is 0.357 e. The van der Waals surface area contributed by atoms with Gasteiger partial charge in [0.15, 0.2) is 5.96 Å². The van der Waals surface area contributed by atoms with Crippen LogP contribution in [0.4, 0.5) is 0 Å². The van der Waals surface area contributed by atoms with Crippen molar-refractivity contribution in [3.05, 3.63) is 47.3 Å². The Morgan fingerprint density at radius 2 is 2.04 bits per heavy atom. The molecule has 0 saturated carbocycles. The van der Waals surface area contributed by atoms with Crippen LogP contribution in [0.1, 0.15) is 23.9 Å². The van der Waals surface area contributed by atoms with Gasteiger partial charge in [0, 0.05) is 24.5 Å². The summed E-state index contributed by atoms with van der Waals surface area (Å²) < 4.78 is 1.99. The van der Waals surface area contributed by atoms with Crippen LogP contribution in [-0.4, -0.2) is 40.8 Å². The first-order chi connectivity index (χ1) is 11.7. The molecule has 0 bridgehead atoms. The average Bonchev–Trinajstić information content (AvgIpc) is 2.91. The fourth-order valence-electron chi connectivity index (χ4n) is 2.50. The number of para-hydroxylation sites is 1. The van der Waals surface area contributed by atoms with Crippen LogP contribution in [0.5, 0.6) is 0 Å². The van der Waals surface area contributed by atoms with Crippen LogP contribution in [0.25, 0.3) is 5.69 Å². The van der Waals surface area contributed by atoms with Crippen molar-refractivity contribution in [1.29, 1.82) is 0 Å². The highest BCUT2D eigenvalue weighted by Crippen LogP contribution is 2.17. The van der Waals surface area contributed by atoms with Gasteiger partial charge in [-0.2, -0.15) is 16.9 Å². The summed E-state index contributed by atoms with van der Waals surface area (Å²) in [6.07, 6.45) is 2.11. The van der Waals surface area contributed by atoms with Crippen LogP contribution in [0.3, 0.4) is 0 Å². The number of nitrogens with one attached hydrogen (secondary N) is 2. The maximum atomic E-state index is 4.72. The van der Waals surface area contributed by atoms with Gasteiger partial charge in [-0.25, -0.2) is 9.67 Å². The zero-order chi connectivity index (χ0) is 17.4. The highest BCUT2D eigenvalue weighted by molar-refractivity contribution is 7.98. The Bertz CT molecular complexity index is 678. The summed E-state index contributed by atoms with van der Waals surface area (Å²) in [4.78, 5) is 4.72. The quantitative estimate of drug-likeness (QED) is 0.460. The summed E-state index contributed by atoms with van der Waals surface area (Å²) in [5.74, 6) is 1.92. The molecule has 2 N–H and O–H groups in total. The number of benzene rings is 1. The zero-order valence-corrected chi connectivity index (χ0v) is 15.8. The van der Waals surface area contributed by atoms with E-state index in [2.05, 4.69) is 54.0 Å². The fourth-order valence-corrected chi connectivity index (χ4v) is 2.81. The van der Waals surface area contributed by atoms with Crippen molar-refractivity contribution >= 4 is 17.7 Å². The predicted octanol–water partition coefficient (Wildman–Crippen LogP) is 2.91. The van der Waals surface area contributed by atoms with Crippen LogP contribution >= 0.6 is 11.8 Å². The molecule has 2 aromatic rings. The minimum Gasteiger partial charge on any atom is -0.357 e. The van der Waals surface area contributed by atoms with Crippen molar-refractivity contribution in [2.24, 2.45) is 4.99 Å². The van der Waals surface area contributed by atoms with Crippen LogP contribution < -0.4 is 10.6 Å². The molecule has 1 aromatic heterocycles. The van der Waals surface area contributed by atoms with Gasteiger partial charge in [0.05, 0.1) is 17.9 Å². The topological polar surface area (TPSA) is 54.2 Å². The zero-order valence-electron chi connectivity index (χ0n) is 15.0. The standard InChI is InChI=1S/C18H27N5S/c1-5-19-18(20-10-11-24-4)21-13-16-8-6-7-9-17(16)23-15(3)12-14(2)22-23/h6-9,12H,5,10-11,13H2,1-4H3,(H2,19,20,21). The average molecular weight is 346 g/mol. The molecular formula is C18H27N5S. The first kappa shape index (κ1) is 18.4. The van der Waals surface area contributed by atoms with Crippen molar-refractivity contribution in [3.63, 3.8) is 0 Å². The molecule has 2 rings (SSSR count). The van der Waals surface area contributed by atoms with E-state index in [-0.39, 0.29) is 0 Å². The lowest BCUT2D eigenvalue weighted by molar-refractivity contribution is 0.809. The molecule has 1 heterocycles. The van der Waals surface area contributed by atoms with E-state index in [9.17, 15) is 0 Å². The number of aryl methyl sites for hydroxylation is 2. The summed E-state index contributed by atoms with van der Waals surface area (Å²) >= 11 is 1.82. The van der Waals surface area contributed by atoms with Gasteiger partial charge in [-0.1, -0.05) is 18.2 Å². The van der Waals surface area contributed by atoms with E-state index in [0.717, 1.165) is 47.4 Å². The van der Waals surface area contributed by atoms with E-state index in [1.165, 1.54) is 0 Å². The molecule has 0 fully saturated rings. The highest BCUT2D eigenvalue weighted by Gasteiger charge is 2.08. The Balaban J connectivity index is 2.19. The number of thioether (sulfide) groups is 1. The SMILES string of the molecule is CCNC(=NCc1ccccc1-n1nc(C)cc1C)NCCSC. The molecule has 0 unspecified atom stereocenters. The minimum absolute atomic E-state index is 0.614. The molecular weight excluding hydrogens is 318 g/mol. The number of aliphatic imine (C=N–C) groups is 1. The Kier molecular flexibility index (Phi) is 7.18. The maximum Gasteiger partial charge on any atom is 0.191 e. The molecule has 0 aliphatic carbocycles. The van der Waals surface area contributed by atoms with E-state index in [4.69, 9.17) is 4.99 Å². The monoisotopic (exact) mass is 345 g/mol. The van der Waals surface area contributed by atoms with Gasteiger partial charge in [0.1, 0.15) is 0 Å². The van der Waals surface area contributed by atoms with Crippen LogP contribution in [-0.2, 0) is 6.54 Å². The van der Waals surface area contributed by atoms with E-state index in [1.54, 1.807) is 0 Å². The van der Waals surface area contributed by atoms with Gasteiger partial charge in [-0.3, -0.25) is 0 Å². The van der Waals surface area contributed by atoms with E-state index in [0.29, 0.717) is 6.54 Å². The minimum atomic E-state index is 0.614. The van der Waals surface area contributed by atoms with Crippen molar-refractivity contribution in [1.82, 2.24) is 20.4 Å². The molecule has 6 heteroatoms. The lowest BCUT2D eigenvalue weighted by atomic mass is 10.2. The fraction of sp³-hybridized carbons (Fsp3) is 0.444. The van der Waals surface area contributed by atoms with Gasteiger partial charge in [0.25, 0.3) is 0 Å². The lowest BCUT2D eigenvalue weighted by Gasteiger charge is -2.13. The molecule has 0 aliphatic heterocycles. The van der Waals surface area contributed by atoms with E-state index < -0.39 is 0 Å². The highest BCUT2D eigenvalue weighted by atomic mass is 32.2. The smallest absolute Gasteiger partial charge is 0.191 e. The third-order valence-corrected chi connectivity index (χ3v) is 4.19. The van der Waals surface area contributed by atoms with Crippen molar-refractivity contribution < 1.29 is 0 Å². The van der Waals surface area contributed by atoms with Gasteiger partial charge in [-0.05, 0) is 44.7 Å². The number of guanidine groups is 1. The summed E-state index contributed by atoms with van der Waals surface area (Å²) in [6, 6.07) is 10.4. The van der Waals surface area contributed by atoms with Gasteiger partial charge in [0.2, 0.25) is 0 Å². The van der Waals surface area contributed by atoms with Gasteiger partial charge < -0.3 is 10.6 Å². The number of hydrogen-bond acceptors (Lipinski definition) is 3. The predicted molar refractivity (Wildman–Crippen MR) is 104 cm³/mol. The van der Waals surface area contributed by atoms with E-state index in [1.807, 2.05) is 35.5 Å². The molecule has 0 amide bonds. The summed E-state index contributed by atoms with van der Waals surface area (Å²) in [6.45, 7) is 8.55. The van der Waals surface area contributed by atoms with Crippen molar-refractivity contribution in [2.45, 2.75) is 27.3 Å². The van der Waals surface area contributed by atoms with Gasteiger partial charge >= 0.3 is 0 Å². The van der Waals surface area contributed by atoms with Crippen LogP contribution in [0.2, 0.25) is 0 Å². The van der Waals surface area contributed by atoms with Gasteiger partial charge in [-0.15, -0.1) is 0 Å². The molecule has 5 nitrogen and oxygen atoms in total. The van der Waals surface area contributed by atoms with Crippen LogP contribution in [0, 0.1) is 13.8 Å². The van der Waals surface area contributed by atoms with Crippen molar-refractivity contribution in [2.75, 3.05) is 25.1 Å². The Morgan fingerprint density at radius 3 is 2.71 bits per heavy atom. The molecule has 0 radical (unpaired) electrons. The summed E-state index contributed by atoms with van der Waals surface area (Å²) in [5.41, 5.74) is 4.41. The third-order valence-electron chi connectivity index (χ3n) is 3.58. The maximum absolute atomic E-state index is 4.72. The van der Waals surface area contributed by atoms with Crippen molar-refractivity contribution in [3.8, 4) is 5.69 Å². The third kappa shape index (κ3) is 5.03. The summed E-state index contributed by atoms with van der Waals surface area (Å²) in [7, 11) is 0. The Labute approximate surface area is 148 Å². The normalized spacial score (nSPS) is 11.6. The first-order valence-electron chi connectivity index (χ1n) is 8.28.